The van der Waals surface area contributed by atoms with E-state index in [9.17, 15) is 13.2 Å². The van der Waals surface area contributed by atoms with Crippen LogP contribution in [0.2, 0.25) is 0 Å². The maximum absolute atomic E-state index is 12.3. The van der Waals surface area contributed by atoms with Gasteiger partial charge < -0.3 is 5.73 Å². The highest BCUT2D eigenvalue weighted by atomic mass is 19.4. The predicted octanol–water partition coefficient (Wildman–Crippen LogP) is 1.30. The van der Waals surface area contributed by atoms with E-state index in [1.807, 2.05) is 0 Å². The predicted molar refractivity (Wildman–Crippen MR) is 57.3 cm³/mol. The van der Waals surface area contributed by atoms with Crippen molar-refractivity contribution in [2.45, 2.75) is 18.6 Å². The zero-order valence-electron chi connectivity index (χ0n) is 9.15. The monoisotopic (exact) mass is 257 g/mol. The van der Waals surface area contributed by atoms with E-state index in [1.165, 1.54) is 0 Å². The highest BCUT2D eigenvalue weighted by molar-refractivity contribution is 5.54. The lowest BCUT2D eigenvalue weighted by atomic mass is 10.0. The van der Waals surface area contributed by atoms with Crippen LogP contribution in [0.15, 0.2) is 24.3 Å². The Morgan fingerprint density at radius 3 is 2.72 bits per heavy atom. The summed E-state index contributed by atoms with van der Waals surface area (Å²) in [6.45, 7) is 0. The van der Waals surface area contributed by atoms with Crippen LogP contribution in [0.4, 0.5) is 13.2 Å². The normalized spacial score (nSPS) is 13.6. The van der Waals surface area contributed by atoms with E-state index in [1.54, 1.807) is 24.3 Å². The zero-order valence-corrected chi connectivity index (χ0v) is 9.15. The number of halogens is 3. The molecular formula is C10H10F3N5. The number of aromatic amines is 1. The van der Waals surface area contributed by atoms with E-state index in [0.717, 1.165) is 0 Å². The van der Waals surface area contributed by atoms with Gasteiger partial charge in [0.15, 0.2) is 0 Å². The van der Waals surface area contributed by atoms with Crippen LogP contribution in [0.25, 0.3) is 11.4 Å². The average molecular weight is 257 g/mol. The average Bonchev–Trinajstić information content (AvgIpc) is 2.81. The molecule has 0 fully saturated rings. The molecule has 0 aliphatic carbocycles. The molecule has 0 radical (unpaired) electrons. The third-order valence-corrected chi connectivity index (χ3v) is 2.41. The fourth-order valence-corrected chi connectivity index (χ4v) is 1.49. The molecule has 1 aromatic carbocycles. The number of rotatable bonds is 3. The van der Waals surface area contributed by atoms with Crippen LogP contribution in [0.3, 0.4) is 0 Å². The van der Waals surface area contributed by atoms with E-state index >= 15 is 0 Å². The van der Waals surface area contributed by atoms with Gasteiger partial charge in [0.1, 0.15) is 6.04 Å². The van der Waals surface area contributed by atoms with E-state index < -0.39 is 12.2 Å². The first-order valence-corrected chi connectivity index (χ1v) is 5.12. The van der Waals surface area contributed by atoms with Crippen molar-refractivity contribution in [2.24, 2.45) is 5.73 Å². The molecule has 0 aliphatic heterocycles. The number of aromatic nitrogens is 4. The minimum atomic E-state index is -4.40. The molecule has 1 heterocycles. The molecule has 2 rings (SSSR count). The van der Waals surface area contributed by atoms with E-state index in [4.69, 9.17) is 5.73 Å². The SMILES string of the molecule is NC(Cc1cccc(-c2nn[nH]n2)c1)C(F)(F)F. The molecule has 96 valence electrons. The molecule has 0 aliphatic rings. The highest BCUT2D eigenvalue weighted by Crippen LogP contribution is 2.23. The molecule has 18 heavy (non-hydrogen) atoms. The Bertz CT molecular complexity index is 508. The van der Waals surface area contributed by atoms with Crippen molar-refractivity contribution in [2.75, 3.05) is 0 Å². The van der Waals surface area contributed by atoms with Gasteiger partial charge in [0.25, 0.3) is 0 Å². The molecule has 0 amide bonds. The standard InChI is InChI=1S/C10H10F3N5/c11-10(12,13)8(14)5-6-2-1-3-7(4-6)9-15-17-18-16-9/h1-4,8H,5,14H2,(H,15,16,17,18). The molecule has 8 heteroatoms. The van der Waals surface area contributed by atoms with Crippen molar-refractivity contribution in [3.05, 3.63) is 29.8 Å². The Balaban J connectivity index is 2.18. The number of nitrogens with two attached hydrogens (primary N) is 1. The first kappa shape index (κ1) is 12.5. The fraction of sp³-hybridized carbons (Fsp3) is 0.300. The molecule has 0 spiro atoms. The van der Waals surface area contributed by atoms with Crippen LogP contribution >= 0.6 is 0 Å². The summed E-state index contributed by atoms with van der Waals surface area (Å²) in [5.74, 6) is 0.331. The van der Waals surface area contributed by atoms with Crippen molar-refractivity contribution < 1.29 is 13.2 Å². The Kier molecular flexibility index (Phi) is 3.28. The summed E-state index contributed by atoms with van der Waals surface area (Å²) in [7, 11) is 0. The third-order valence-electron chi connectivity index (χ3n) is 2.41. The van der Waals surface area contributed by atoms with Gasteiger partial charge in [-0.3, -0.25) is 0 Å². The van der Waals surface area contributed by atoms with Crippen LogP contribution in [-0.2, 0) is 6.42 Å². The lowest BCUT2D eigenvalue weighted by molar-refractivity contribution is -0.147. The maximum Gasteiger partial charge on any atom is 0.403 e. The minimum Gasteiger partial charge on any atom is -0.320 e. The van der Waals surface area contributed by atoms with Gasteiger partial charge in [0, 0.05) is 5.56 Å². The highest BCUT2D eigenvalue weighted by Gasteiger charge is 2.36. The number of tetrazole rings is 1. The Hall–Kier alpha value is -1.96. The lowest BCUT2D eigenvalue weighted by Gasteiger charge is -2.15. The Morgan fingerprint density at radius 1 is 1.33 bits per heavy atom. The number of H-pyrrole nitrogens is 1. The van der Waals surface area contributed by atoms with Gasteiger partial charge in [-0.15, -0.1) is 10.2 Å². The fourth-order valence-electron chi connectivity index (χ4n) is 1.49. The molecule has 3 N–H and O–H groups in total. The summed E-state index contributed by atoms with van der Waals surface area (Å²) in [6, 6.07) is 4.58. The number of benzene rings is 1. The molecular weight excluding hydrogens is 247 g/mol. The number of hydrogen-bond donors (Lipinski definition) is 2. The molecule has 5 nitrogen and oxygen atoms in total. The Morgan fingerprint density at radius 2 is 2.11 bits per heavy atom. The smallest absolute Gasteiger partial charge is 0.320 e. The van der Waals surface area contributed by atoms with Crippen molar-refractivity contribution in [3.8, 4) is 11.4 Å². The van der Waals surface area contributed by atoms with Crippen LogP contribution in [0, 0.1) is 0 Å². The van der Waals surface area contributed by atoms with Gasteiger partial charge in [-0.25, -0.2) is 0 Å². The van der Waals surface area contributed by atoms with Gasteiger partial charge >= 0.3 is 6.18 Å². The number of nitrogens with one attached hydrogen (secondary N) is 1. The van der Waals surface area contributed by atoms with Crippen LogP contribution in [0.5, 0.6) is 0 Å². The number of nitrogens with zero attached hydrogens (tertiary/aromatic N) is 3. The molecule has 1 aromatic heterocycles. The van der Waals surface area contributed by atoms with Gasteiger partial charge in [0.2, 0.25) is 5.82 Å². The van der Waals surface area contributed by atoms with E-state index in [-0.39, 0.29) is 6.42 Å². The quantitative estimate of drug-likeness (QED) is 0.868. The van der Waals surface area contributed by atoms with Crippen LogP contribution in [0.1, 0.15) is 5.56 Å². The van der Waals surface area contributed by atoms with Gasteiger partial charge in [-0.1, -0.05) is 18.2 Å². The van der Waals surface area contributed by atoms with E-state index in [2.05, 4.69) is 20.6 Å². The zero-order chi connectivity index (χ0) is 13.2. The molecule has 2 aromatic rings. The summed E-state index contributed by atoms with van der Waals surface area (Å²) in [5, 5.41) is 13.2. The van der Waals surface area contributed by atoms with Gasteiger partial charge in [-0.05, 0) is 23.3 Å². The minimum absolute atomic E-state index is 0.283. The third kappa shape index (κ3) is 2.83. The number of alkyl halides is 3. The molecule has 0 bridgehead atoms. The largest absolute Gasteiger partial charge is 0.403 e. The summed E-state index contributed by atoms with van der Waals surface area (Å²) in [4.78, 5) is 0. The summed E-state index contributed by atoms with van der Waals surface area (Å²) >= 11 is 0. The number of hydrogen-bond acceptors (Lipinski definition) is 4. The summed E-state index contributed by atoms with van der Waals surface area (Å²) in [6.07, 6.45) is -4.68. The van der Waals surface area contributed by atoms with Crippen LogP contribution < -0.4 is 5.73 Å². The summed E-state index contributed by atoms with van der Waals surface area (Å²) < 4.78 is 37.0. The first-order chi connectivity index (χ1) is 8.47. The van der Waals surface area contributed by atoms with Crippen LogP contribution in [-0.4, -0.2) is 32.8 Å². The van der Waals surface area contributed by atoms with E-state index in [0.29, 0.717) is 17.0 Å². The summed E-state index contributed by atoms with van der Waals surface area (Å²) in [5.41, 5.74) is 6.14. The van der Waals surface area contributed by atoms with Crippen molar-refractivity contribution >= 4 is 0 Å². The molecule has 1 unspecified atom stereocenters. The van der Waals surface area contributed by atoms with Gasteiger partial charge in [-0.2, -0.15) is 18.4 Å². The molecule has 1 atom stereocenters. The maximum atomic E-state index is 12.3. The second-order valence-electron chi connectivity index (χ2n) is 3.79. The second-order valence-corrected chi connectivity index (χ2v) is 3.79. The van der Waals surface area contributed by atoms with Crippen molar-refractivity contribution in [1.29, 1.82) is 0 Å². The topological polar surface area (TPSA) is 80.5 Å². The van der Waals surface area contributed by atoms with Crippen molar-refractivity contribution in [3.63, 3.8) is 0 Å². The lowest BCUT2D eigenvalue weighted by Crippen LogP contribution is -2.39. The first-order valence-electron chi connectivity index (χ1n) is 5.12. The second kappa shape index (κ2) is 4.73. The Labute approximate surface area is 100 Å². The van der Waals surface area contributed by atoms with Gasteiger partial charge in [0.05, 0.1) is 0 Å². The van der Waals surface area contributed by atoms with Crippen molar-refractivity contribution in [1.82, 2.24) is 20.6 Å². The molecule has 0 saturated heterocycles. The molecule has 0 saturated carbocycles.